The zero-order valence-electron chi connectivity index (χ0n) is 13.2. The van der Waals surface area contributed by atoms with Crippen LogP contribution < -0.4 is 15.8 Å². The van der Waals surface area contributed by atoms with E-state index >= 15 is 0 Å². The Balaban J connectivity index is 1.89. The molecule has 0 saturated carbocycles. The highest BCUT2D eigenvalue weighted by Crippen LogP contribution is 2.27. The van der Waals surface area contributed by atoms with Crippen molar-refractivity contribution in [3.05, 3.63) is 35.5 Å². The zero-order chi connectivity index (χ0) is 15.4. The molecule has 0 radical (unpaired) electrons. The van der Waals surface area contributed by atoms with Crippen LogP contribution in [-0.4, -0.2) is 22.9 Å². The SMILES string of the molecule is Cc1cccc(OCCNc2c(N)c(C(C)C)nn2C)c1. The average molecular weight is 288 g/mol. The standard InChI is InChI=1S/C16H24N4O/c1-11(2)15-14(17)16(20(4)19-15)18-8-9-21-13-7-5-6-12(3)10-13/h5-7,10-11,18H,8-9,17H2,1-4H3. The number of aromatic nitrogens is 2. The van der Waals surface area contributed by atoms with Crippen LogP contribution in [0.2, 0.25) is 0 Å². The van der Waals surface area contributed by atoms with Gasteiger partial charge in [0.15, 0.2) is 0 Å². The molecule has 21 heavy (non-hydrogen) atoms. The number of benzene rings is 1. The molecule has 0 aliphatic carbocycles. The van der Waals surface area contributed by atoms with Crippen LogP contribution in [0.3, 0.4) is 0 Å². The molecule has 114 valence electrons. The monoisotopic (exact) mass is 288 g/mol. The Morgan fingerprint density at radius 3 is 2.76 bits per heavy atom. The summed E-state index contributed by atoms with van der Waals surface area (Å²) in [6.45, 7) is 7.47. The molecule has 0 spiro atoms. The maximum Gasteiger partial charge on any atom is 0.147 e. The van der Waals surface area contributed by atoms with Gasteiger partial charge in [-0.1, -0.05) is 26.0 Å². The maximum atomic E-state index is 6.13. The van der Waals surface area contributed by atoms with E-state index in [0.29, 0.717) is 19.1 Å². The molecule has 0 saturated heterocycles. The van der Waals surface area contributed by atoms with E-state index in [1.165, 1.54) is 5.56 Å². The number of hydrogen-bond donors (Lipinski definition) is 2. The van der Waals surface area contributed by atoms with Crippen LogP contribution in [0, 0.1) is 6.92 Å². The molecule has 0 amide bonds. The van der Waals surface area contributed by atoms with Crippen LogP contribution in [0.5, 0.6) is 5.75 Å². The topological polar surface area (TPSA) is 65.1 Å². The third-order valence-corrected chi connectivity index (χ3v) is 3.31. The second-order valence-electron chi connectivity index (χ2n) is 5.52. The lowest BCUT2D eigenvalue weighted by Gasteiger charge is -2.10. The normalized spacial score (nSPS) is 10.9. The Hall–Kier alpha value is -2.17. The number of nitrogens with two attached hydrogens (primary N) is 1. The molecule has 2 aromatic rings. The predicted octanol–water partition coefficient (Wildman–Crippen LogP) is 2.93. The highest BCUT2D eigenvalue weighted by molar-refractivity contribution is 5.65. The average Bonchev–Trinajstić information content (AvgIpc) is 2.71. The van der Waals surface area contributed by atoms with Crippen molar-refractivity contribution in [3.8, 4) is 5.75 Å². The smallest absolute Gasteiger partial charge is 0.147 e. The lowest BCUT2D eigenvalue weighted by molar-refractivity contribution is 0.332. The van der Waals surface area contributed by atoms with Gasteiger partial charge in [-0.2, -0.15) is 5.10 Å². The van der Waals surface area contributed by atoms with E-state index in [9.17, 15) is 0 Å². The van der Waals surface area contributed by atoms with Crippen LogP contribution in [0.15, 0.2) is 24.3 Å². The fraction of sp³-hybridized carbons (Fsp3) is 0.438. The minimum absolute atomic E-state index is 0.315. The fourth-order valence-corrected chi connectivity index (χ4v) is 2.24. The van der Waals surface area contributed by atoms with Crippen molar-refractivity contribution >= 4 is 11.5 Å². The number of hydrogen-bond acceptors (Lipinski definition) is 4. The maximum absolute atomic E-state index is 6.13. The molecule has 3 N–H and O–H groups in total. The Kier molecular flexibility index (Phi) is 4.73. The molecular formula is C16H24N4O. The highest BCUT2D eigenvalue weighted by Gasteiger charge is 2.15. The zero-order valence-corrected chi connectivity index (χ0v) is 13.2. The van der Waals surface area contributed by atoms with Gasteiger partial charge in [0.1, 0.15) is 18.2 Å². The number of rotatable bonds is 6. The van der Waals surface area contributed by atoms with Gasteiger partial charge in [-0.25, -0.2) is 0 Å². The summed E-state index contributed by atoms with van der Waals surface area (Å²) in [5.74, 6) is 2.06. The summed E-state index contributed by atoms with van der Waals surface area (Å²) in [7, 11) is 1.89. The molecular weight excluding hydrogens is 264 g/mol. The highest BCUT2D eigenvalue weighted by atomic mass is 16.5. The van der Waals surface area contributed by atoms with Crippen molar-refractivity contribution in [3.63, 3.8) is 0 Å². The predicted molar refractivity (Wildman–Crippen MR) is 86.9 cm³/mol. The van der Waals surface area contributed by atoms with Crippen molar-refractivity contribution in [2.75, 3.05) is 24.2 Å². The third-order valence-electron chi connectivity index (χ3n) is 3.31. The van der Waals surface area contributed by atoms with Crippen LogP contribution in [0.1, 0.15) is 31.0 Å². The second kappa shape index (κ2) is 6.52. The Morgan fingerprint density at radius 2 is 2.14 bits per heavy atom. The van der Waals surface area contributed by atoms with E-state index < -0.39 is 0 Å². The minimum atomic E-state index is 0.315. The molecule has 1 aromatic carbocycles. The first-order chi connectivity index (χ1) is 9.99. The van der Waals surface area contributed by atoms with Crippen molar-refractivity contribution in [2.45, 2.75) is 26.7 Å². The number of anilines is 2. The van der Waals surface area contributed by atoms with E-state index in [4.69, 9.17) is 10.5 Å². The minimum Gasteiger partial charge on any atom is -0.492 e. The number of nitrogens with one attached hydrogen (secondary N) is 1. The molecule has 0 unspecified atom stereocenters. The third kappa shape index (κ3) is 3.68. The van der Waals surface area contributed by atoms with E-state index in [1.807, 2.05) is 25.2 Å². The number of ether oxygens (including phenoxy) is 1. The molecule has 5 nitrogen and oxygen atoms in total. The molecule has 0 atom stereocenters. The fourth-order valence-electron chi connectivity index (χ4n) is 2.24. The van der Waals surface area contributed by atoms with Gasteiger partial charge in [-0.3, -0.25) is 4.68 Å². The van der Waals surface area contributed by atoms with E-state index in [1.54, 1.807) is 4.68 Å². The van der Waals surface area contributed by atoms with Gasteiger partial charge < -0.3 is 15.8 Å². The van der Waals surface area contributed by atoms with Crippen LogP contribution in [0.25, 0.3) is 0 Å². The lowest BCUT2D eigenvalue weighted by Crippen LogP contribution is -2.14. The summed E-state index contributed by atoms with van der Waals surface area (Å²) in [5, 5.41) is 7.74. The summed E-state index contributed by atoms with van der Waals surface area (Å²) >= 11 is 0. The van der Waals surface area contributed by atoms with E-state index in [0.717, 1.165) is 22.9 Å². The summed E-state index contributed by atoms with van der Waals surface area (Å²) in [6, 6.07) is 8.03. The van der Waals surface area contributed by atoms with Crippen LogP contribution in [0.4, 0.5) is 11.5 Å². The summed E-state index contributed by atoms with van der Waals surface area (Å²) in [4.78, 5) is 0. The van der Waals surface area contributed by atoms with Gasteiger partial charge in [0.05, 0.1) is 17.9 Å². The first kappa shape index (κ1) is 15.2. The van der Waals surface area contributed by atoms with E-state index in [-0.39, 0.29) is 0 Å². The van der Waals surface area contributed by atoms with Crippen molar-refractivity contribution < 1.29 is 4.74 Å². The van der Waals surface area contributed by atoms with E-state index in [2.05, 4.69) is 37.3 Å². The molecule has 0 aliphatic heterocycles. The van der Waals surface area contributed by atoms with Gasteiger partial charge in [0.25, 0.3) is 0 Å². The van der Waals surface area contributed by atoms with Crippen LogP contribution in [-0.2, 0) is 7.05 Å². The molecule has 0 fully saturated rings. The Bertz CT molecular complexity index is 604. The van der Waals surface area contributed by atoms with Gasteiger partial charge >= 0.3 is 0 Å². The number of nitrogens with zero attached hydrogens (tertiary/aromatic N) is 2. The van der Waals surface area contributed by atoms with Gasteiger partial charge in [-0.05, 0) is 30.5 Å². The first-order valence-electron chi connectivity index (χ1n) is 7.24. The van der Waals surface area contributed by atoms with Crippen molar-refractivity contribution in [1.29, 1.82) is 0 Å². The van der Waals surface area contributed by atoms with Crippen LogP contribution >= 0.6 is 0 Å². The summed E-state index contributed by atoms with van der Waals surface area (Å²) in [6.07, 6.45) is 0. The summed E-state index contributed by atoms with van der Waals surface area (Å²) in [5.41, 5.74) is 8.98. The quantitative estimate of drug-likeness (QED) is 0.802. The van der Waals surface area contributed by atoms with Crippen molar-refractivity contribution in [1.82, 2.24) is 9.78 Å². The molecule has 2 rings (SSSR count). The second-order valence-corrected chi connectivity index (χ2v) is 5.52. The molecule has 1 heterocycles. The largest absolute Gasteiger partial charge is 0.492 e. The molecule has 0 bridgehead atoms. The van der Waals surface area contributed by atoms with Crippen molar-refractivity contribution in [2.24, 2.45) is 7.05 Å². The lowest BCUT2D eigenvalue weighted by atomic mass is 10.1. The Labute approximate surface area is 126 Å². The Morgan fingerprint density at radius 1 is 1.38 bits per heavy atom. The van der Waals surface area contributed by atoms with Gasteiger partial charge in [0, 0.05) is 7.05 Å². The number of aryl methyl sites for hydroxylation is 2. The van der Waals surface area contributed by atoms with Gasteiger partial charge in [-0.15, -0.1) is 0 Å². The van der Waals surface area contributed by atoms with Gasteiger partial charge in [0.2, 0.25) is 0 Å². The first-order valence-corrected chi connectivity index (χ1v) is 7.24. The number of nitrogen functional groups attached to an aromatic ring is 1. The molecule has 5 heteroatoms. The molecule has 0 aliphatic rings. The summed E-state index contributed by atoms with van der Waals surface area (Å²) < 4.78 is 7.50. The molecule has 1 aromatic heterocycles.